The fourth-order valence-electron chi connectivity index (χ4n) is 2.20. The highest BCUT2D eigenvalue weighted by Gasteiger charge is 2.35. The number of benzene rings is 1. The summed E-state index contributed by atoms with van der Waals surface area (Å²) in [5.74, 6) is 0.385. The first kappa shape index (κ1) is 15.4. The highest BCUT2D eigenvalue weighted by Crippen LogP contribution is 2.27. The summed E-state index contributed by atoms with van der Waals surface area (Å²) in [6, 6.07) is 4.37. The monoisotopic (exact) mass is 326 g/mol. The predicted molar refractivity (Wildman–Crippen MR) is 82.3 cm³/mol. The van der Waals surface area contributed by atoms with Gasteiger partial charge in [0.25, 0.3) is 0 Å². The highest BCUT2D eigenvalue weighted by atomic mass is 32.2. The van der Waals surface area contributed by atoms with Crippen molar-refractivity contribution in [3.8, 4) is 0 Å². The van der Waals surface area contributed by atoms with Crippen molar-refractivity contribution in [1.29, 1.82) is 0 Å². The van der Waals surface area contributed by atoms with Crippen LogP contribution in [0, 0.1) is 5.82 Å². The van der Waals surface area contributed by atoms with Crippen LogP contribution in [0.1, 0.15) is 25.6 Å². The van der Waals surface area contributed by atoms with Gasteiger partial charge < -0.3 is 10.3 Å². The fourth-order valence-corrected chi connectivity index (χ4v) is 3.67. The minimum absolute atomic E-state index is 0.0292. The lowest BCUT2D eigenvalue weighted by Gasteiger charge is -2.13. The summed E-state index contributed by atoms with van der Waals surface area (Å²) in [4.78, 5) is 7.39. The van der Waals surface area contributed by atoms with Crippen LogP contribution in [0.25, 0.3) is 11.0 Å². The average Bonchev–Trinajstić information content (AvgIpc) is 3.25. The van der Waals surface area contributed by atoms with E-state index >= 15 is 0 Å². The molecule has 1 heterocycles. The molecule has 8 heteroatoms. The first-order valence-electron chi connectivity index (χ1n) is 7.30. The second kappa shape index (κ2) is 5.94. The quantitative estimate of drug-likeness (QED) is 0.715. The van der Waals surface area contributed by atoms with E-state index in [1.165, 1.54) is 12.1 Å². The number of imidazole rings is 1. The molecule has 3 N–H and O–H groups in total. The van der Waals surface area contributed by atoms with E-state index < -0.39 is 10.0 Å². The third-order valence-corrected chi connectivity index (χ3v) is 5.58. The lowest BCUT2D eigenvalue weighted by molar-refractivity contribution is 0.518. The molecule has 0 radical (unpaired) electrons. The molecular formula is C14H19FN4O2S. The van der Waals surface area contributed by atoms with Crippen LogP contribution in [0.5, 0.6) is 0 Å². The largest absolute Gasteiger partial charge is 0.341 e. The summed E-state index contributed by atoms with van der Waals surface area (Å²) in [5, 5.41) is 2.99. The summed E-state index contributed by atoms with van der Waals surface area (Å²) in [6.07, 6.45) is 1.51. The van der Waals surface area contributed by atoms with Gasteiger partial charge in [-0.2, -0.15) is 0 Å². The van der Waals surface area contributed by atoms with E-state index in [1.807, 2.05) is 6.92 Å². The Morgan fingerprint density at radius 1 is 1.45 bits per heavy atom. The van der Waals surface area contributed by atoms with Crippen molar-refractivity contribution in [1.82, 2.24) is 20.0 Å². The maximum absolute atomic E-state index is 13.1. The molecule has 0 amide bonds. The Kier molecular flexibility index (Phi) is 4.16. The first-order chi connectivity index (χ1) is 10.4. The molecule has 120 valence electrons. The van der Waals surface area contributed by atoms with Crippen LogP contribution in [-0.2, 0) is 16.6 Å². The molecule has 0 saturated heterocycles. The Morgan fingerprint density at radius 3 is 2.95 bits per heavy atom. The Labute approximate surface area is 128 Å². The number of H-pyrrole nitrogens is 1. The maximum Gasteiger partial charge on any atom is 0.214 e. The summed E-state index contributed by atoms with van der Waals surface area (Å²) in [7, 11) is -3.15. The van der Waals surface area contributed by atoms with E-state index in [-0.39, 0.29) is 17.1 Å². The molecule has 22 heavy (non-hydrogen) atoms. The molecule has 0 unspecified atom stereocenters. The zero-order valence-corrected chi connectivity index (χ0v) is 13.1. The predicted octanol–water partition coefficient (Wildman–Crippen LogP) is 1.26. The third kappa shape index (κ3) is 3.63. The molecule has 0 spiro atoms. The second-order valence-corrected chi connectivity index (χ2v) is 7.77. The van der Waals surface area contributed by atoms with Gasteiger partial charge in [-0.15, -0.1) is 0 Å². The standard InChI is InChI=1S/C14H19FN4O2S/c1-9(7-17-22(20,21)11-3-4-11)16-8-14-18-12-5-2-10(15)6-13(12)19-14/h2,5-6,9,11,16-17H,3-4,7-8H2,1H3,(H,18,19)/t9-/m1/s1. The molecule has 1 aliphatic rings. The molecule has 1 aromatic heterocycles. The van der Waals surface area contributed by atoms with Gasteiger partial charge in [0.1, 0.15) is 11.6 Å². The maximum atomic E-state index is 13.1. The summed E-state index contributed by atoms with van der Waals surface area (Å²) in [6.45, 7) is 2.70. The number of hydrogen-bond acceptors (Lipinski definition) is 4. The molecule has 1 aliphatic carbocycles. The molecule has 6 nitrogen and oxygen atoms in total. The van der Waals surface area contributed by atoms with Crippen molar-refractivity contribution in [3.63, 3.8) is 0 Å². The molecule has 2 aromatic rings. The Hall–Kier alpha value is -1.51. The van der Waals surface area contributed by atoms with Crippen molar-refractivity contribution in [3.05, 3.63) is 29.8 Å². The van der Waals surface area contributed by atoms with Crippen LogP contribution in [0.3, 0.4) is 0 Å². The summed E-state index contributed by atoms with van der Waals surface area (Å²) >= 11 is 0. The van der Waals surface area contributed by atoms with E-state index in [9.17, 15) is 12.8 Å². The molecule has 1 aromatic carbocycles. The zero-order chi connectivity index (χ0) is 15.7. The van der Waals surface area contributed by atoms with Crippen molar-refractivity contribution >= 4 is 21.1 Å². The number of aromatic amines is 1. The SMILES string of the molecule is C[C@H](CNS(=O)(=O)C1CC1)NCc1nc2ccc(F)cc2[nH]1. The Bertz CT molecular complexity index is 770. The van der Waals surface area contributed by atoms with Gasteiger partial charge >= 0.3 is 0 Å². The molecule has 3 rings (SSSR count). The van der Waals surface area contributed by atoms with Crippen molar-refractivity contribution in [2.24, 2.45) is 0 Å². The van der Waals surface area contributed by atoms with Crippen molar-refractivity contribution in [2.75, 3.05) is 6.54 Å². The molecule has 1 saturated carbocycles. The van der Waals surface area contributed by atoms with Crippen LogP contribution >= 0.6 is 0 Å². The number of aromatic nitrogens is 2. The molecule has 1 fully saturated rings. The lowest BCUT2D eigenvalue weighted by atomic mass is 10.3. The number of nitrogens with one attached hydrogen (secondary N) is 3. The molecule has 0 bridgehead atoms. The lowest BCUT2D eigenvalue weighted by Crippen LogP contribution is -2.39. The van der Waals surface area contributed by atoms with E-state index in [0.29, 0.717) is 29.9 Å². The number of rotatable bonds is 7. The van der Waals surface area contributed by atoms with Crippen LogP contribution < -0.4 is 10.0 Å². The Balaban J connectivity index is 1.52. The van der Waals surface area contributed by atoms with Crippen LogP contribution in [0.2, 0.25) is 0 Å². The van der Waals surface area contributed by atoms with Gasteiger partial charge in [0.15, 0.2) is 0 Å². The number of sulfonamides is 1. The number of nitrogens with zero attached hydrogens (tertiary/aromatic N) is 1. The zero-order valence-electron chi connectivity index (χ0n) is 12.3. The highest BCUT2D eigenvalue weighted by molar-refractivity contribution is 7.90. The normalized spacial score (nSPS) is 17.0. The minimum Gasteiger partial charge on any atom is -0.341 e. The fraction of sp³-hybridized carbons (Fsp3) is 0.500. The van der Waals surface area contributed by atoms with E-state index in [0.717, 1.165) is 12.8 Å². The first-order valence-corrected chi connectivity index (χ1v) is 8.85. The van der Waals surface area contributed by atoms with Gasteiger partial charge in [0.05, 0.1) is 22.8 Å². The van der Waals surface area contributed by atoms with Crippen LogP contribution in [0.15, 0.2) is 18.2 Å². The Morgan fingerprint density at radius 2 is 2.23 bits per heavy atom. The summed E-state index contributed by atoms with van der Waals surface area (Å²) < 4.78 is 39.2. The van der Waals surface area contributed by atoms with E-state index in [2.05, 4.69) is 20.0 Å². The van der Waals surface area contributed by atoms with E-state index in [4.69, 9.17) is 0 Å². The average molecular weight is 326 g/mol. The number of fused-ring (bicyclic) bond motifs is 1. The third-order valence-electron chi connectivity index (χ3n) is 3.66. The number of hydrogen-bond donors (Lipinski definition) is 3. The van der Waals surface area contributed by atoms with Gasteiger partial charge in [0, 0.05) is 12.6 Å². The van der Waals surface area contributed by atoms with Crippen LogP contribution in [0.4, 0.5) is 4.39 Å². The number of halogens is 1. The van der Waals surface area contributed by atoms with Crippen molar-refractivity contribution in [2.45, 2.75) is 37.6 Å². The van der Waals surface area contributed by atoms with Crippen molar-refractivity contribution < 1.29 is 12.8 Å². The smallest absolute Gasteiger partial charge is 0.214 e. The van der Waals surface area contributed by atoms with Gasteiger partial charge in [0.2, 0.25) is 10.0 Å². The second-order valence-electron chi connectivity index (χ2n) is 5.72. The van der Waals surface area contributed by atoms with E-state index in [1.54, 1.807) is 6.07 Å². The minimum atomic E-state index is -3.15. The molecule has 1 atom stereocenters. The van der Waals surface area contributed by atoms with Gasteiger partial charge in [-0.1, -0.05) is 0 Å². The molecular weight excluding hydrogens is 307 g/mol. The summed E-state index contributed by atoms with van der Waals surface area (Å²) in [5.41, 5.74) is 1.36. The van der Waals surface area contributed by atoms with Gasteiger partial charge in [-0.3, -0.25) is 0 Å². The van der Waals surface area contributed by atoms with Gasteiger partial charge in [-0.05, 0) is 38.0 Å². The van der Waals surface area contributed by atoms with Gasteiger partial charge in [-0.25, -0.2) is 22.5 Å². The topological polar surface area (TPSA) is 86.9 Å². The van der Waals surface area contributed by atoms with Crippen LogP contribution in [-0.4, -0.2) is 36.2 Å². The molecule has 0 aliphatic heterocycles.